The van der Waals surface area contributed by atoms with E-state index < -0.39 is 0 Å². The minimum atomic E-state index is -0.370. The van der Waals surface area contributed by atoms with E-state index in [0.717, 1.165) is 10.8 Å². The van der Waals surface area contributed by atoms with Crippen LogP contribution in [0, 0.1) is 6.92 Å². The maximum atomic E-state index is 11.4. The lowest BCUT2D eigenvalue weighted by molar-refractivity contribution is 0.0599. The van der Waals surface area contributed by atoms with Crippen LogP contribution < -0.4 is 0 Å². The Hall–Kier alpha value is -1.75. The lowest BCUT2D eigenvalue weighted by atomic mass is 10.2. The number of thioether (sulfide) groups is 1. The van der Waals surface area contributed by atoms with Gasteiger partial charge < -0.3 is 9.15 Å². The first-order valence-electron chi connectivity index (χ1n) is 5.42. The number of hydrogen-bond acceptors (Lipinski definition) is 5. The summed E-state index contributed by atoms with van der Waals surface area (Å²) in [5.41, 5.74) is 0.481. The molecule has 0 saturated carbocycles. The van der Waals surface area contributed by atoms with Crippen molar-refractivity contribution < 1.29 is 13.9 Å². The van der Waals surface area contributed by atoms with Gasteiger partial charge in [-0.15, -0.1) is 0 Å². The summed E-state index contributed by atoms with van der Waals surface area (Å²) in [7, 11) is 1.36. The quantitative estimate of drug-likeness (QED) is 0.626. The summed E-state index contributed by atoms with van der Waals surface area (Å²) in [6.45, 7) is 1.75. The van der Waals surface area contributed by atoms with Gasteiger partial charge in [0.05, 0.1) is 17.9 Å². The van der Waals surface area contributed by atoms with Crippen molar-refractivity contribution in [2.45, 2.75) is 17.7 Å². The van der Waals surface area contributed by atoms with Gasteiger partial charge in [-0.25, -0.2) is 9.78 Å². The maximum Gasteiger partial charge on any atom is 0.341 e. The average Bonchev–Trinajstić information content (AvgIpc) is 2.78. The van der Waals surface area contributed by atoms with Crippen molar-refractivity contribution in [2.75, 3.05) is 7.11 Å². The number of nitrogens with zero attached hydrogens (tertiary/aromatic N) is 1. The number of esters is 1. The van der Waals surface area contributed by atoms with E-state index in [9.17, 15) is 4.79 Å². The zero-order valence-corrected chi connectivity index (χ0v) is 11.0. The molecular formula is C13H13NO3S. The number of pyridine rings is 1. The molecule has 0 saturated heterocycles. The number of aromatic nitrogens is 1. The fraction of sp³-hybridized carbons (Fsp3) is 0.231. The molecule has 0 radical (unpaired) electrons. The maximum absolute atomic E-state index is 11.4. The highest BCUT2D eigenvalue weighted by Gasteiger charge is 2.15. The van der Waals surface area contributed by atoms with Crippen LogP contribution in [0.4, 0.5) is 0 Å². The van der Waals surface area contributed by atoms with Gasteiger partial charge in [0.25, 0.3) is 0 Å². The van der Waals surface area contributed by atoms with Crippen molar-refractivity contribution in [3.05, 3.63) is 47.5 Å². The first-order chi connectivity index (χ1) is 8.70. The highest BCUT2D eigenvalue weighted by Crippen LogP contribution is 2.24. The molecule has 2 heterocycles. The zero-order chi connectivity index (χ0) is 13.0. The van der Waals surface area contributed by atoms with Gasteiger partial charge in [-0.3, -0.25) is 0 Å². The van der Waals surface area contributed by atoms with Crippen molar-refractivity contribution in [1.82, 2.24) is 4.98 Å². The van der Waals surface area contributed by atoms with Crippen molar-refractivity contribution in [3.63, 3.8) is 0 Å². The molecule has 0 aliphatic heterocycles. The van der Waals surface area contributed by atoms with Crippen LogP contribution in [0.15, 0.2) is 39.9 Å². The SMILES string of the molecule is COC(=O)c1cc(CSc2ccccn2)oc1C. The molecule has 0 aromatic carbocycles. The summed E-state index contributed by atoms with van der Waals surface area (Å²) in [6, 6.07) is 7.46. The van der Waals surface area contributed by atoms with E-state index in [1.165, 1.54) is 7.11 Å². The smallest absolute Gasteiger partial charge is 0.341 e. The van der Waals surface area contributed by atoms with Crippen LogP contribution >= 0.6 is 11.8 Å². The van der Waals surface area contributed by atoms with Gasteiger partial charge >= 0.3 is 5.97 Å². The predicted molar refractivity (Wildman–Crippen MR) is 68.6 cm³/mol. The normalized spacial score (nSPS) is 10.3. The molecule has 0 spiro atoms. The van der Waals surface area contributed by atoms with Crippen LogP contribution in [0.3, 0.4) is 0 Å². The number of hydrogen-bond donors (Lipinski definition) is 0. The summed E-state index contributed by atoms with van der Waals surface area (Å²) < 4.78 is 10.2. The molecule has 0 amide bonds. The fourth-order valence-corrected chi connectivity index (χ4v) is 2.25. The second-order valence-corrected chi connectivity index (χ2v) is 4.63. The summed E-state index contributed by atoms with van der Waals surface area (Å²) in [4.78, 5) is 15.6. The second kappa shape index (κ2) is 5.73. The number of carbonyl (C=O) groups excluding carboxylic acids is 1. The number of rotatable bonds is 4. The topological polar surface area (TPSA) is 52.3 Å². The summed E-state index contributed by atoms with van der Waals surface area (Å²) >= 11 is 1.56. The number of carbonyl (C=O) groups is 1. The van der Waals surface area contributed by atoms with Gasteiger partial charge in [0, 0.05) is 6.20 Å². The average molecular weight is 263 g/mol. The van der Waals surface area contributed by atoms with Crippen LogP contribution in [0.5, 0.6) is 0 Å². The highest BCUT2D eigenvalue weighted by molar-refractivity contribution is 7.98. The Morgan fingerprint density at radius 2 is 2.33 bits per heavy atom. The predicted octanol–water partition coefficient (Wildman–Crippen LogP) is 3.06. The first kappa shape index (κ1) is 12.7. The van der Waals surface area contributed by atoms with Crippen LogP contribution in [0.2, 0.25) is 0 Å². The molecule has 4 nitrogen and oxygen atoms in total. The Bertz CT molecular complexity index is 536. The molecule has 2 rings (SSSR count). The lowest BCUT2D eigenvalue weighted by Crippen LogP contribution is -2.00. The van der Waals surface area contributed by atoms with Gasteiger partial charge in [-0.05, 0) is 25.1 Å². The summed E-state index contributed by atoms with van der Waals surface area (Å²) in [5, 5.41) is 0.922. The lowest BCUT2D eigenvalue weighted by Gasteiger charge is -1.96. The van der Waals surface area contributed by atoms with E-state index >= 15 is 0 Å². The number of methoxy groups -OCH3 is 1. The van der Waals surface area contributed by atoms with E-state index in [2.05, 4.69) is 9.72 Å². The third-order valence-corrected chi connectivity index (χ3v) is 3.34. The van der Waals surface area contributed by atoms with Gasteiger partial charge in [-0.2, -0.15) is 0 Å². The molecule has 0 fully saturated rings. The standard InChI is InChI=1S/C13H13NO3S/c1-9-11(13(15)16-2)7-10(17-9)8-18-12-5-3-4-6-14-12/h3-7H,8H2,1-2H3. The van der Waals surface area contributed by atoms with E-state index in [1.807, 2.05) is 18.2 Å². The number of aryl methyl sites for hydroxylation is 1. The third-order valence-electron chi connectivity index (χ3n) is 2.37. The molecule has 0 aliphatic rings. The molecule has 0 bridgehead atoms. The Labute approximate surface area is 109 Å². The third kappa shape index (κ3) is 2.92. The van der Waals surface area contributed by atoms with Crippen molar-refractivity contribution in [2.24, 2.45) is 0 Å². The molecule has 0 aliphatic carbocycles. The van der Waals surface area contributed by atoms with E-state index in [1.54, 1.807) is 30.9 Å². The van der Waals surface area contributed by atoms with Gasteiger partial charge in [-0.1, -0.05) is 17.8 Å². The van der Waals surface area contributed by atoms with Gasteiger partial charge in [0.15, 0.2) is 0 Å². The molecule has 0 atom stereocenters. The highest BCUT2D eigenvalue weighted by atomic mass is 32.2. The van der Waals surface area contributed by atoms with E-state index in [4.69, 9.17) is 4.42 Å². The monoisotopic (exact) mass is 263 g/mol. The van der Waals surface area contributed by atoms with Crippen molar-refractivity contribution >= 4 is 17.7 Å². The molecular weight excluding hydrogens is 250 g/mol. The van der Waals surface area contributed by atoms with E-state index in [-0.39, 0.29) is 5.97 Å². The molecule has 2 aromatic rings. The minimum absolute atomic E-state index is 0.370. The Morgan fingerprint density at radius 3 is 3.00 bits per heavy atom. The summed E-state index contributed by atoms with van der Waals surface area (Å²) in [5.74, 6) is 1.59. The molecule has 2 aromatic heterocycles. The van der Waals surface area contributed by atoms with Crippen molar-refractivity contribution in [1.29, 1.82) is 0 Å². The van der Waals surface area contributed by atoms with Gasteiger partial charge in [0.1, 0.15) is 17.1 Å². The summed E-state index contributed by atoms with van der Waals surface area (Å²) in [6.07, 6.45) is 1.75. The zero-order valence-electron chi connectivity index (χ0n) is 10.2. The van der Waals surface area contributed by atoms with Crippen LogP contribution in [0.1, 0.15) is 21.9 Å². The number of furan rings is 1. The second-order valence-electron chi connectivity index (χ2n) is 3.63. The van der Waals surface area contributed by atoms with Gasteiger partial charge in [0.2, 0.25) is 0 Å². The van der Waals surface area contributed by atoms with Crippen LogP contribution in [0.25, 0.3) is 0 Å². The minimum Gasteiger partial charge on any atom is -0.465 e. The Kier molecular flexibility index (Phi) is 4.04. The molecule has 0 N–H and O–H groups in total. The molecule has 5 heteroatoms. The fourth-order valence-electron chi connectivity index (χ4n) is 1.50. The molecule has 18 heavy (non-hydrogen) atoms. The van der Waals surface area contributed by atoms with Crippen LogP contribution in [-0.2, 0) is 10.5 Å². The van der Waals surface area contributed by atoms with Crippen molar-refractivity contribution in [3.8, 4) is 0 Å². The first-order valence-corrected chi connectivity index (χ1v) is 6.40. The van der Waals surface area contributed by atoms with Crippen LogP contribution in [-0.4, -0.2) is 18.1 Å². The van der Waals surface area contributed by atoms with E-state index in [0.29, 0.717) is 17.1 Å². The molecule has 0 unspecified atom stereocenters. The Balaban J connectivity index is 2.05. The largest absolute Gasteiger partial charge is 0.465 e. The Morgan fingerprint density at radius 1 is 1.50 bits per heavy atom. The molecule has 94 valence electrons. The number of ether oxygens (including phenoxy) is 1.